The van der Waals surface area contributed by atoms with Crippen molar-refractivity contribution < 1.29 is 18.5 Å². The number of rotatable bonds is 6. The van der Waals surface area contributed by atoms with Crippen LogP contribution in [0.1, 0.15) is 11.1 Å². The molecule has 0 fully saturated rings. The molecule has 0 unspecified atom stereocenters. The van der Waals surface area contributed by atoms with E-state index in [2.05, 4.69) is 0 Å². The van der Waals surface area contributed by atoms with Crippen LogP contribution in [0.3, 0.4) is 0 Å². The normalized spacial score (nSPS) is 12.8. The van der Waals surface area contributed by atoms with Crippen LogP contribution in [-0.4, -0.2) is 4.92 Å². The van der Waals surface area contributed by atoms with E-state index >= 15 is 0 Å². The summed E-state index contributed by atoms with van der Waals surface area (Å²) in [5.41, 5.74) is 1.55. The van der Waals surface area contributed by atoms with Gasteiger partial charge in [0.2, 0.25) is 5.75 Å². The topological polar surface area (TPSA) is 78.7 Å². The van der Waals surface area contributed by atoms with Gasteiger partial charge in [-0.05, 0) is 43.7 Å². The number of para-hydroxylation sites is 2. The Bertz CT molecular complexity index is 1020. The first-order valence-corrected chi connectivity index (χ1v) is 9.79. The fourth-order valence-corrected chi connectivity index (χ4v) is 4.24. The molecular formula is C20H18NO5P. The second-order valence-corrected chi connectivity index (χ2v) is 7.89. The maximum atomic E-state index is 13.7. The molecular weight excluding hydrogens is 365 g/mol. The van der Waals surface area contributed by atoms with Crippen LogP contribution in [0.5, 0.6) is 11.5 Å². The van der Waals surface area contributed by atoms with Crippen LogP contribution in [-0.2, 0) is 4.57 Å². The predicted octanol–water partition coefficient (Wildman–Crippen LogP) is 5.19. The van der Waals surface area contributed by atoms with Crippen LogP contribution >= 0.6 is 7.60 Å². The van der Waals surface area contributed by atoms with Crippen molar-refractivity contribution in [3.05, 3.63) is 94.0 Å². The van der Waals surface area contributed by atoms with Crippen LogP contribution in [0.4, 0.5) is 5.69 Å². The van der Waals surface area contributed by atoms with Crippen LogP contribution in [0.2, 0.25) is 0 Å². The summed E-state index contributed by atoms with van der Waals surface area (Å²) in [5.74, 6) is 0.283. The van der Waals surface area contributed by atoms with Crippen molar-refractivity contribution in [2.75, 3.05) is 0 Å². The number of aryl methyl sites for hydroxylation is 2. The molecule has 0 N–H and O–H groups in total. The summed E-state index contributed by atoms with van der Waals surface area (Å²) in [7, 11) is -3.93. The lowest BCUT2D eigenvalue weighted by molar-refractivity contribution is -0.385. The zero-order chi connectivity index (χ0) is 19.4. The maximum Gasteiger partial charge on any atom is 0.463 e. The van der Waals surface area contributed by atoms with E-state index in [1.54, 1.807) is 42.5 Å². The molecule has 6 nitrogen and oxygen atoms in total. The Hall–Kier alpha value is -3.11. The average molecular weight is 383 g/mol. The lowest BCUT2D eigenvalue weighted by Gasteiger charge is -2.21. The van der Waals surface area contributed by atoms with Gasteiger partial charge in [-0.3, -0.25) is 10.1 Å². The molecule has 27 heavy (non-hydrogen) atoms. The molecule has 0 spiro atoms. The van der Waals surface area contributed by atoms with E-state index in [1.165, 1.54) is 18.2 Å². The van der Waals surface area contributed by atoms with E-state index in [4.69, 9.17) is 9.05 Å². The Kier molecular flexibility index (Phi) is 5.28. The minimum Gasteiger partial charge on any atom is -0.413 e. The molecule has 1 atom stereocenters. The van der Waals surface area contributed by atoms with E-state index in [9.17, 15) is 14.7 Å². The quantitative estimate of drug-likeness (QED) is 0.333. The lowest BCUT2D eigenvalue weighted by atomic mass is 10.1. The van der Waals surface area contributed by atoms with Crippen LogP contribution < -0.4 is 14.4 Å². The molecule has 0 aliphatic heterocycles. The summed E-state index contributed by atoms with van der Waals surface area (Å²) < 4.78 is 25.2. The number of hydrogen-bond donors (Lipinski definition) is 0. The van der Waals surface area contributed by atoms with Crippen LogP contribution in [0, 0.1) is 24.0 Å². The summed E-state index contributed by atoms with van der Waals surface area (Å²) in [5, 5.41) is 11.6. The smallest absolute Gasteiger partial charge is 0.413 e. The Morgan fingerprint density at radius 3 is 2.15 bits per heavy atom. The van der Waals surface area contributed by atoms with Gasteiger partial charge in [-0.1, -0.05) is 48.0 Å². The number of benzene rings is 3. The van der Waals surface area contributed by atoms with Crippen LogP contribution in [0.15, 0.2) is 72.8 Å². The van der Waals surface area contributed by atoms with Gasteiger partial charge in [0.05, 0.1) is 10.2 Å². The highest BCUT2D eigenvalue weighted by molar-refractivity contribution is 7.63. The SMILES string of the molecule is Cc1ccc(O[P@@](=O)(Oc2ccccc2[N+](=O)[O-])c2ccccc2)c(C)c1. The van der Waals surface area contributed by atoms with Crippen molar-refractivity contribution >= 4 is 18.6 Å². The summed E-state index contributed by atoms with van der Waals surface area (Å²) >= 11 is 0. The summed E-state index contributed by atoms with van der Waals surface area (Å²) in [6.45, 7) is 3.78. The van der Waals surface area contributed by atoms with E-state index < -0.39 is 12.5 Å². The molecule has 0 saturated heterocycles. The van der Waals surface area contributed by atoms with E-state index in [0.717, 1.165) is 11.1 Å². The van der Waals surface area contributed by atoms with Crippen LogP contribution in [0.25, 0.3) is 0 Å². The third-order valence-electron chi connectivity index (χ3n) is 3.90. The van der Waals surface area contributed by atoms with Gasteiger partial charge in [-0.25, -0.2) is 4.57 Å². The Labute approximate surface area is 157 Å². The first-order chi connectivity index (χ1) is 12.9. The minimum absolute atomic E-state index is 0.112. The van der Waals surface area contributed by atoms with Gasteiger partial charge in [0.15, 0.2) is 0 Å². The number of nitrogens with zero attached hydrogens (tertiary/aromatic N) is 1. The zero-order valence-corrected chi connectivity index (χ0v) is 15.8. The first-order valence-electron chi connectivity index (χ1n) is 8.24. The van der Waals surface area contributed by atoms with Gasteiger partial charge in [-0.2, -0.15) is 0 Å². The predicted molar refractivity (Wildman–Crippen MR) is 104 cm³/mol. The molecule has 7 heteroatoms. The largest absolute Gasteiger partial charge is 0.463 e. The van der Waals surface area contributed by atoms with Crippen molar-refractivity contribution in [3.8, 4) is 11.5 Å². The Morgan fingerprint density at radius 2 is 1.48 bits per heavy atom. The molecule has 0 amide bonds. The van der Waals surface area contributed by atoms with E-state index in [0.29, 0.717) is 11.1 Å². The van der Waals surface area contributed by atoms with Crippen molar-refractivity contribution in [2.45, 2.75) is 13.8 Å². The summed E-state index contributed by atoms with van der Waals surface area (Å²) in [6, 6.07) is 19.6. The average Bonchev–Trinajstić information content (AvgIpc) is 2.65. The fraction of sp³-hybridized carbons (Fsp3) is 0.100. The maximum absolute atomic E-state index is 13.7. The zero-order valence-electron chi connectivity index (χ0n) is 14.9. The number of nitro benzene ring substituents is 1. The molecule has 0 aromatic heterocycles. The van der Waals surface area contributed by atoms with Gasteiger partial charge in [-0.15, -0.1) is 0 Å². The molecule has 138 valence electrons. The second kappa shape index (κ2) is 7.64. The third-order valence-corrected chi connectivity index (χ3v) is 5.71. The highest BCUT2D eigenvalue weighted by Gasteiger charge is 2.34. The van der Waals surface area contributed by atoms with E-state index in [1.807, 2.05) is 26.0 Å². The van der Waals surface area contributed by atoms with Gasteiger partial charge < -0.3 is 9.05 Å². The molecule has 3 aromatic carbocycles. The van der Waals surface area contributed by atoms with Gasteiger partial charge >= 0.3 is 13.3 Å². The molecule has 0 heterocycles. The Balaban J connectivity index is 2.07. The standard InChI is InChI=1S/C20H18NO5P/c1-15-12-13-19(16(2)14-15)25-27(24,17-8-4-3-5-9-17)26-20-11-7-6-10-18(20)21(22)23/h3-14H,1-2H3/t27-/m1/s1. The number of nitro groups is 1. The Morgan fingerprint density at radius 1 is 0.852 bits per heavy atom. The lowest BCUT2D eigenvalue weighted by Crippen LogP contribution is -2.15. The summed E-state index contributed by atoms with van der Waals surface area (Å²) in [4.78, 5) is 10.7. The molecule has 3 aromatic rings. The minimum atomic E-state index is -3.93. The second-order valence-electron chi connectivity index (χ2n) is 6.01. The number of hydrogen-bond acceptors (Lipinski definition) is 5. The van der Waals surface area contributed by atoms with Gasteiger partial charge in [0.25, 0.3) is 0 Å². The van der Waals surface area contributed by atoms with Crippen molar-refractivity contribution in [1.29, 1.82) is 0 Å². The van der Waals surface area contributed by atoms with Gasteiger partial charge in [0.1, 0.15) is 5.75 Å². The van der Waals surface area contributed by atoms with Crippen molar-refractivity contribution in [3.63, 3.8) is 0 Å². The monoisotopic (exact) mass is 383 g/mol. The van der Waals surface area contributed by atoms with Crippen molar-refractivity contribution in [1.82, 2.24) is 0 Å². The molecule has 0 aliphatic rings. The molecule has 0 radical (unpaired) electrons. The highest BCUT2D eigenvalue weighted by Crippen LogP contribution is 2.50. The molecule has 0 aliphatic carbocycles. The molecule has 0 bridgehead atoms. The summed E-state index contributed by atoms with van der Waals surface area (Å²) in [6.07, 6.45) is 0. The van der Waals surface area contributed by atoms with Gasteiger partial charge in [0, 0.05) is 6.07 Å². The fourth-order valence-electron chi connectivity index (χ4n) is 2.58. The van der Waals surface area contributed by atoms with Crippen molar-refractivity contribution in [2.24, 2.45) is 0 Å². The molecule has 3 rings (SSSR count). The van der Waals surface area contributed by atoms with E-state index in [-0.39, 0.29) is 11.4 Å². The molecule has 0 saturated carbocycles. The third kappa shape index (κ3) is 4.18. The first kappa shape index (κ1) is 18.7. The highest BCUT2D eigenvalue weighted by atomic mass is 31.2.